The van der Waals surface area contributed by atoms with Crippen LogP contribution in [0.3, 0.4) is 0 Å². The van der Waals surface area contributed by atoms with Gasteiger partial charge in [0, 0.05) is 48.1 Å². The molecule has 6 nitrogen and oxygen atoms in total. The van der Waals surface area contributed by atoms with Crippen molar-refractivity contribution < 1.29 is 9.59 Å². The van der Waals surface area contributed by atoms with Crippen LogP contribution in [0.1, 0.15) is 39.0 Å². The smallest absolute Gasteiger partial charge is 0.211 e. The Kier molecular flexibility index (Phi) is 3.51. The van der Waals surface area contributed by atoms with Gasteiger partial charge in [-0.2, -0.15) is 0 Å². The molecule has 2 aromatic rings. The summed E-state index contributed by atoms with van der Waals surface area (Å²) in [7, 11) is 0. The number of nitrogens with two attached hydrogens (primary N) is 2. The lowest BCUT2D eigenvalue weighted by Gasteiger charge is -2.17. The Morgan fingerprint density at radius 1 is 1.20 bits per heavy atom. The van der Waals surface area contributed by atoms with Crippen LogP contribution in [-0.2, 0) is 19.5 Å². The third kappa shape index (κ3) is 2.29. The van der Waals surface area contributed by atoms with Gasteiger partial charge in [0.25, 0.3) is 0 Å². The van der Waals surface area contributed by atoms with E-state index in [4.69, 9.17) is 11.5 Å². The molecule has 5 N–H and O–H groups in total. The number of para-hydroxylation sites is 1. The number of fused-ring (bicyclic) bond motifs is 3. The number of ketones is 2. The van der Waals surface area contributed by atoms with E-state index in [-0.39, 0.29) is 23.3 Å². The average molecular weight is 336 g/mol. The Bertz CT molecular complexity index is 925. The van der Waals surface area contributed by atoms with Crippen molar-refractivity contribution in [2.24, 2.45) is 11.5 Å². The number of benzene rings is 1. The molecule has 6 heteroatoms. The van der Waals surface area contributed by atoms with E-state index in [1.165, 1.54) is 0 Å². The molecule has 25 heavy (non-hydrogen) atoms. The van der Waals surface area contributed by atoms with E-state index in [2.05, 4.69) is 5.32 Å². The van der Waals surface area contributed by atoms with Crippen LogP contribution in [0.25, 0.3) is 0 Å². The number of aromatic nitrogens is 1. The Balaban J connectivity index is 1.81. The zero-order valence-electron chi connectivity index (χ0n) is 14.0. The highest BCUT2D eigenvalue weighted by Crippen LogP contribution is 2.35. The largest absolute Gasteiger partial charge is 0.395 e. The first kappa shape index (κ1) is 15.7. The molecule has 128 valence electrons. The van der Waals surface area contributed by atoms with Crippen molar-refractivity contribution in [2.45, 2.75) is 32.5 Å². The van der Waals surface area contributed by atoms with Crippen LogP contribution >= 0.6 is 0 Å². The van der Waals surface area contributed by atoms with E-state index in [1.807, 2.05) is 34.9 Å². The van der Waals surface area contributed by atoms with Crippen LogP contribution in [0.5, 0.6) is 0 Å². The highest BCUT2D eigenvalue weighted by molar-refractivity contribution is 6.26. The Hall–Kier alpha value is -2.86. The van der Waals surface area contributed by atoms with Gasteiger partial charge in [-0.3, -0.25) is 9.59 Å². The third-order valence-electron chi connectivity index (χ3n) is 5.03. The van der Waals surface area contributed by atoms with E-state index in [0.29, 0.717) is 36.3 Å². The normalized spacial score (nSPS) is 19.2. The zero-order chi connectivity index (χ0) is 17.7. The van der Waals surface area contributed by atoms with Gasteiger partial charge in [-0.05, 0) is 19.1 Å². The van der Waals surface area contributed by atoms with Gasteiger partial charge >= 0.3 is 0 Å². The second kappa shape index (κ2) is 5.60. The highest BCUT2D eigenvalue weighted by Gasteiger charge is 2.39. The van der Waals surface area contributed by atoms with Gasteiger partial charge in [-0.1, -0.05) is 18.2 Å². The number of carbonyl (C=O) groups excluding carboxylic acids is 2. The van der Waals surface area contributed by atoms with Crippen molar-refractivity contribution in [3.63, 3.8) is 0 Å². The lowest BCUT2D eigenvalue weighted by atomic mass is 9.89. The zero-order valence-corrected chi connectivity index (χ0v) is 14.0. The van der Waals surface area contributed by atoms with Crippen LogP contribution in [0.2, 0.25) is 0 Å². The monoisotopic (exact) mass is 336 g/mol. The van der Waals surface area contributed by atoms with E-state index >= 15 is 0 Å². The number of nitrogens with one attached hydrogen (secondary N) is 1. The lowest BCUT2D eigenvalue weighted by Crippen LogP contribution is -2.29. The molecule has 0 bridgehead atoms. The highest BCUT2D eigenvalue weighted by atomic mass is 16.1. The molecule has 1 aliphatic carbocycles. The molecule has 0 fully saturated rings. The molecule has 0 unspecified atom stereocenters. The maximum atomic E-state index is 12.8. The standard InChI is InChI=1S/C19H20N4O2/c1-10-16(21)19(25)15-13(8-22-12-5-3-2-4-6-12)14-7-11(20)9-23(14)17(15)18(10)24/h2-6,11,22H,7-9,20-21H2,1H3/t11-/m1/s1. The molecular weight excluding hydrogens is 316 g/mol. The molecule has 1 aliphatic heterocycles. The fraction of sp³-hybridized carbons (Fsp3) is 0.263. The van der Waals surface area contributed by atoms with Crippen molar-refractivity contribution >= 4 is 17.3 Å². The molecule has 2 heterocycles. The number of hydrogen-bond acceptors (Lipinski definition) is 5. The molecular formula is C19H20N4O2. The van der Waals surface area contributed by atoms with Gasteiger partial charge in [-0.25, -0.2) is 0 Å². The number of rotatable bonds is 3. The lowest BCUT2D eigenvalue weighted by molar-refractivity contribution is 0.0967. The Morgan fingerprint density at radius 3 is 2.64 bits per heavy atom. The SMILES string of the molecule is CC1=C(N)C(=O)c2c(CNc3ccccc3)c3n(c2C1=O)C[C@H](N)C3. The maximum absolute atomic E-state index is 12.8. The maximum Gasteiger partial charge on any atom is 0.211 e. The van der Waals surface area contributed by atoms with Crippen molar-refractivity contribution in [3.05, 3.63) is 64.1 Å². The quantitative estimate of drug-likeness (QED) is 0.790. The van der Waals surface area contributed by atoms with Crippen LogP contribution < -0.4 is 16.8 Å². The predicted octanol–water partition coefficient (Wildman–Crippen LogP) is 1.60. The number of nitrogens with zero attached hydrogens (tertiary/aromatic N) is 1. The molecule has 1 aromatic carbocycles. The summed E-state index contributed by atoms with van der Waals surface area (Å²) >= 11 is 0. The van der Waals surface area contributed by atoms with E-state index in [1.54, 1.807) is 6.92 Å². The predicted molar refractivity (Wildman–Crippen MR) is 95.4 cm³/mol. The minimum Gasteiger partial charge on any atom is -0.395 e. The van der Waals surface area contributed by atoms with Gasteiger partial charge in [-0.15, -0.1) is 0 Å². The summed E-state index contributed by atoms with van der Waals surface area (Å²) in [5.41, 5.74) is 16.0. The summed E-state index contributed by atoms with van der Waals surface area (Å²) in [4.78, 5) is 25.5. The van der Waals surface area contributed by atoms with Crippen molar-refractivity contribution in [2.75, 3.05) is 5.32 Å². The average Bonchev–Trinajstić information content (AvgIpc) is 3.12. The van der Waals surface area contributed by atoms with Crippen molar-refractivity contribution in [1.29, 1.82) is 0 Å². The molecule has 4 rings (SSSR count). The minimum absolute atomic E-state index is 0.0396. The number of anilines is 1. The van der Waals surface area contributed by atoms with E-state index < -0.39 is 0 Å². The summed E-state index contributed by atoms with van der Waals surface area (Å²) in [6, 6.07) is 9.70. The summed E-state index contributed by atoms with van der Waals surface area (Å²) < 4.78 is 1.91. The first-order chi connectivity index (χ1) is 12.0. The molecule has 0 radical (unpaired) electrons. The van der Waals surface area contributed by atoms with Crippen LogP contribution in [0.15, 0.2) is 41.6 Å². The van der Waals surface area contributed by atoms with Gasteiger partial charge in [0.2, 0.25) is 11.6 Å². The fourth-order valence-electron chi connectivity index (χ4n) is 3.72. The Morgan fingerprint density at radius 2 is 1.92 bits per heavy atom. The fourth-order valence-corrected chi connectivity index (χ4v) is 3.72. The molecule has 0 spiro atoms. The molecule has 0 saturated carbocycles. The summed E-state index contributed by atoms with van der Waals surface area (Å²) in [6.07, 6.45) is 0.651. The molecule has 1 aromatic heterocycles. The number of allylic oxidation sites excluding steroid dienone is 2. The molecule has 1 atom stereocenters. The van der Waals surface area contributed by atoms with Gasteiger partial charge in [0.1, 0.15) is 5.69 Å². The summed E-state index contributed by atoms with van der Waals surface area (Å²) in [5.74, 6) is -0.430. The van der Waals surface area contributed by atoms with Crippen molar-refractivity contribution in [3.8, 4) is 0 Å². The number of carbonyl (C=O) groups is 2. The van der Waals surface area contributed by atoms with Crippen LogP contribution in [-0.4, -0.2) is 22.2 Å². The summed E-state index contributed by atoms with van der Waals surface area (Å²) in [5, 5.41) is 3.33. The molecule has 2 aliphatic rings. The molecule has 0 saturated heterocycles. The number of hydrogen-bond donors (Lipinski definition) is 3. The topological polar surface area (TPSA) is 103 Å². The first-order valence-corrected chi connectivity index (χ1v) is 8.33. The van der Waals surface area contributed by atoms with Crippen LogP contribution in [0.4, 0.5) is 5.69 Å². The van der Waals surface area contributed by atoms with Gasteiger partial charge in [0.05, 0.1) is 11.3 Å². The third-order valence-corrected chi connectivity index (χ3v) is 5.03. The first-order valence-electron chi connectivity index (χ1n) is 8.33. The minimum atomic E-state index is -0.257. The second-order valence-corrected chi connectivity index (χ2v) is 6.64. The van der Waals surface area contributed by atoms with Gasteiger partial charge in [0.15, 0.2) is 0 Å². The Labute approximate surface area is 145 Å². The van der Waals surface area contributed by atoms with E-state index in [9.17, 15) is 9.59 Å². The van der Waals surface area contributed by atoms with Crippen molar-refractivity contribution in [1.82, 2.24) is 4.57 Å². The van der Waals surface area contributed by atoms with Crippen LogP contribution in [0, 0.1) is 0 Å². The number of Topliss-reactive ketones (excluding diaryl/α,β-unsaturated/α-hetero) is 2. The second-order valence-electron chi connectivity index (χ2n) is 6.64. The van der Waals surface area contributed by atoms with Gasteiger partial charge < -0.3 is 21.4 Å². The summed E-state index contributed by atoms with van der Waals surface area (Å²) in [6.45, 7) is 2.61. The van der Waals surface area contributed by atoms with E-state index in [0.717, 1.165) is 16.9 Å². The molecule has 0 amide bonds.